The molecule has 4 aliphatic rings. The van der Waals surface area contributed by atoms with Crippen molar-refractivity contribution < 1.29 is 5.21 Å². The second-order valence-corrected chi connectivity index (χ2v) is 5.59. The largest absolute Gasteiger partial charge is 0.411 e. The Kier molecular flexibility index (Phi) is 1.83. The first-order valence-corrected chi connectivity index (χ1v) is 5.88. The molecule has 4 bridgehead atoms. The van der Waals surface area contributed by atoms with Gasteiger partial charge in [-0.1, -0.05) is 0 Å². The van der Waals surface area contributed by atoms with Crippen LogP contribution in [0.3, 0.4) is 0 Å². The lowest BCUT2D eigenvalue weighted by Crippen LogP contribution is -2.53. The van der Waals surface area contributed by atoms with Crippen LogP contribution in [0.5, 0.6) is 0 Å². The molecule has 3 heteroatoms. The van der Waals surface area contributed by atoms with Crippen molar-refractivity contribution >= 4 is 6.21 Å². The van der Waals surface area contributed by atoms with Gasteiger partial charge in [0, 0.05) is 0 Å². The quantitative estimate of drug-likeness (QED) is 0.405. The molecule has 1 N–H and O–H groups in total. The van der Waals surface area contributed by atoms with Crippen molar-refractivity contribution in [1.82, 2.24) is 0 Å². The van der Waals surface area contributed by atoms with E-state index in [9.17, 15) is 5.26 Å². The molecule has 0 aromatic rings. The van der Waals surface area contributed by atoms with Crippen molar-refractivity contribution in [3.05, 3.63) is 0 Å². The summed E-state index contributed by atoms with van der Waals surface area (Å²) in [5.41, 5.74) is -0.442. The molecule has 3 nitrogen and oxygen atoms in total. The minimum Gasteiger partial charge on any atom is -0.411 e. The second kappa shape index (κ2) is 2.98. The Morgan fingerprint density at radius 3 is 2.07 bits per heavy atom. The van der Waals surface area contributed by atoms with Gasteiger partial charge in [0.25, 0.3) is 0 Å². The van der Waals surface area contributed by atoms with E-state index in [1.165, 1.54) is 38.3 Å². The molecule has 0 atom stereocenters. The zero-order valence-corrected chi connectivity index (χ0v) is 8.76. The van der Waals surface area contributed by atoms with E-state index in [0.29, 0.717) is 11.8 Å². The molecule has 0 heterocycles. The summed E-state index contributed by atoms with van der Waals surface area (Å²) in [5.74, 6) is 2.60. The lowest BCUT2D eigenvalue weighted by molar-refractivity contribution is -0.0398. The standard InChI is InChI=1S/C12H16N2O/c13-6-12(7-14-15)10-2-8-1-9(4-10)5-11(12)3-8/h7-11,15H,1-5H2/b14-7+. The van der Waals surface area contributed by atoms with Gasteiger partial charge in [-0.2, -0.15) is 5.26 Å². The fourth-order valence-corrected chi connectivity index (χ4v) is 4.48. The molecule has 80 valence electrons. The molecule has 0 aliphatic heterocycles. The molecule has 0 aromatic heterocycles. The SMILES string of the molecule is N#CC1(/C=N/O)C2CC3CC(C2)CC1C3. The summed E-state index contributed by atoms with van der Waals surface area (Å²) in [7, 11) is 0. The maximum atomic E-state index is 9.43. The number of nitrogens with zero attached hydrogens (tertiary/aromatic N) is 2. The molecule has 0 radical (unpaired) electrons. The molecule has 4 saturated carbocycles. The van der Waals surface area contributed by atoms with E-state index in [2.05, 4.69) is 11.2 Å². The van der Waals surface area contributed by atoms with E-state index in [0.717, 1.165) is 11.8 Å². The van der Waals surface area contributed by atoms with Crippen LogP contribution in [0.2, 0.25) is 0 Å². The summed E-state index contributed by atoms with van der Waals surface area (Å²) in [5, 5.41) is 21.4. The van der Waals surface area contributed by atoms with E-state index >= 15 is 0 Å². The highest BCUT2D eigenvalue weighted by molar-refractivity contribution is 5.71. The Morgan fingerprint density at radius 1 is 1.13 bits per heavy atom. The third-order valence-electron chi connectivity index (χ3n) is 4.95. The van der Waals surface area contributed by atoms with Crippen molar-refractivity contribution in [2.45, 2.75) is 32.1 Å². The van der Waals surface area contributed by atoms with Crippen LogP contribution in [0, 0.1) is 40.4 Å². The zero-order valence-electron chi connectivity index (χ0n) is 8.76. The van der Waals surface area contributed by atoms with Gasteiger partial charge in [-0.15, -0.1) is 5.16 Å². The molecule has 15 heavy (non-hydrogen) atoms. The Bertz CT molecular complexity index is 314. The smallest absolute Gasteiger partial charge is 0.101 e. The minimum atomic E-state index is -0.442. The van der Waals surface area contributed by atoms with E-state index in [1.807, 2.05) is 0 Å². The van der Waals surface area contributed by atoms with Crippen LogP contribution in [0.25, 0.3) is 0 Å². The van der Waals surface area contributed by atoms with Gasteiger partial charge in [0.1, 0.15) is 5.41 Å². The maximum Gasteiger partial charge on any atom is 0.101 e. The van der Waals surface area contributed by atoms with Crippen LogP contribution in [0.15, 0.2) is 5.16 Å². The normalized spacial score (nSPS) is 52.2. The molecule has 0 saturated heterocycles. The van der Waals surface area contributed by atoms with Gasteiger partial charge >= 0.3 is 0 Å². The van der Waals surface area contributed by atoms with Crippen molar-refractivity contribution in [3.63, 3.8) is 0 Å². The predicted molar refractivity (Wildman–Crippen MR) is 55.4 cm³/mol. The Balaban J connectivity index is 2.00. The van der Waals surface area contributed by atoms with Gasteiger partial charge in [-0.05, 0) is 55.8 Å². The van der Waals surface area contributed by atoms with Gasteiger partial charge in [0.05, 0.1) is 12.3 Å². The number of oxime groups is 1. The molecule has 0 unspecified atom stereocenters. The summed E-state index contributed by atoms with van der Waals surface area (Å²) >= 11 is 0. The van der Waals surface area contributed by atoms with E-state index < -0.39 is 5.41 Å². The van der Waals surface area contributed by atoms with Crippen LogP contribution in [0.4, 0.5) is 0 Å². The maximum absolute atomic E-state index is 9.43. The summed E-state index contributed by atoms with van der Waals surface area (Å²) in [4.78, 5) is 0. The van der Waals surface area contributed by atoms with Gasteiger partial charge in [0.2, 0.25) is 0 Å². The highest BCUT2D eigenvalue weighted by Crippen LogP contribution is 2.61. The Hall–Kier alpha value is -1.04. The van der Waals surface area contributed by atoms with Gasteiger partial charge in [0.15, 0.2) is 0 Å². The summed E-state index contributed by atoms with van der Waals surface area (Å²) in [6.45, 7) is 0. The van der Waals surface area contributed by atoms with Crippen molar-refractivity contribution in [3.8, 4) is 6.07 Å². The average molecular weight is 204 g/mol. The fraction of sp³-hybridized carbons (Fsp3) is 0.833. The van der Waals surface area contributed by atoms with Crippen LogP contribution in [-0.4, -0.2) is 11.4 Å². The molecular weight excluding hydrogens is 188 g/mol. The van der Waals surface area contributed by atoms with Crippen LogP contribution < -0.4 is 0 Å². The molecule has 4 fully saturated rings. The lowest BCUT2D eigenvalue weighted by atomic mass is 9.46. The highest BCUT2D eigenvalue weighted by Gasteiger charge is 2.57. The molecule has 4 rings (SSSR count). The second-order valence-electron chi connectivity index (χ2n) is 5.59. The van der Waals surface area contributed by atoms with Crippen LogP contribution in [0.1, 0.15) is 32.1 Å². The number of rotatable bonds is 1. The van der Waals surface area contributed by atoms with Crippen LogP contribution >= 0.6 is 0 Å². The van der Waals surface area contributed by atoms with E-state index in [4.69, 9.17) is 5.21 Å². The molecule has 4 aliphatic carbocycles. The molecular formula is C12H16N2O. The monoisotopic (exact) mass is 204 g/mol. The lowest BCUT2D eigenvalue weighted by Gasteiger charge is -2.56. The van der Waals surface area contributed by atoms with Gasteiger partial charge < -0.3 is 5.21 Å². The number of hydrogen-bond donors (Lipinski definition) is 1. The fourth-order valence-electron chi connectivity index (χ4n) is 4.48. The third kappa shape index (κ3) is 1.08. The third-order valence-corrected chi connectivity index (χ3v) is 4.95. The average Bonchev–Trinajstić information content (AvgIpc) is 2.23. The highest BCUT2D eigenvalue weighted by atomic mass is 16.4. The van der Waals surface area contributed by atoms with Crippen molar-refractivity contribution in [2.75, 3.05) is 0 Å². The van der Waals surface area contributed by atoms with Crippen LogP contribution in [-0.2, 0) is 0 Å². The first-order chi connectivity index (χ1) is 7.28. The molecule has 0 amide bonds. The van der Waals surface area contributed by atoms with Gasteiger partial charge in [-0.3, -0.25) is 0 Å². The minimum absolute atomic E-state index is 0.442. The summed E-state index contributed by atoms with van der Waals surface area (Å²) < 4.78 is 0. The van der Waals surface area contributed by atoms with E-state index in [1.54, 1.807) is 0 Å². The molecule has 0 aromatic carbocycles. The zero-order chi connectivity index (χ0) is 10.5. The van der Waals surface area contributed by atoms with Crippen molar-refractivity contribution in [2.24, 2.45) is 34.2 Å². The number of hydrogen-bond acceptors (Lipinski definition) is 3. The number of nitriles is 1. The summed E-state index contributed by atoms with van der Waals surface area (Å²) in [6.07, 6.45) is 7.60. The predicted octanol–water partition coefficient (Wildman–Crippen LogP) is 2.41. The summed E-state index contributed by atoms with van der Waals surface area (Å²) in [6, 6.07) is 2.45. The van der Waals surface area contributed by atoms with Crippen molar-refractivity contribution in [1.29, 1.82) is 5.26 Å². The first-order valence-electron chi connectivity index (χ1n) is 5.88. The first kappa shape index (κ1) is 9.21. The Morgan fingerprint density at radius 2 is 1.67 bits per heavy atom. The Labute approximate surface area is 89.8 Å². The van der Waals surface area contributed by atoms with E-state index in [-0.39, 0.29) is 0 Å². The molecule has 0 spiro atoms. The van der Waals surface area contributed by atoms with Gasteiger partial charge in [-0.25, -0.2) is 0 Å². The topological polar surface area (TPSA) is 56.4 Å².